The van der Waals surface area contributed by atoms with Crippen LogP contribution in [0.3, 0.4) is 0 Å². The molecule has 33 heavy (non-hydrogen) atoms. The van der Waals surface area contributed by atoms with Crippen molar-refractivity contribution in [1.29, 1.82) is 0 Å². The van der Waals surface area contributed by atoms with Gasteiger partial charge in [-0.05, 0) is 48.4 Å². The molecule has 0 saturated heterocycles. The van der Waals surface area contributed by atoms with Crippen molar-refractivity contribution in [3.05, 3.63) is 94.0 Å². The minimum atomic E-state index is -4.41. The Kier molecular flexibility index (Phi) is 6.63. The first-order chi connectivity index (χ1) is 15.8. The van der Waals surface area contributed by atoms with Crippen LogP contribution in [0.25, 0.3) is 0 Å². The Morgan fingerprint density at radius 3 is 2.39 bits per heavy atom. The van der Waals surface area contributed by atoms with Crippen LogP contribution in [0.5, 0.6) is 11.5 Å². The highest BCUT2D eigenvalue weighted by Crippen LogP contribution is 2.39. The first kappa shape index (κ1) is 23.1. The average Bonchev–Trinajstić information content (AvgIpc) is 2.80. The molecule has 172 valence electrons. The highest BCUT2D eigenvalue weighted by molar-refractivity contribution is 6.30. The van der Waals surface area contributed by atoms with Crippen LogP contribution in [0, 0.1) is 0 Å². The molecule has 3 aromatic rings. The summed E-state index contributed by atoms with van der Waals surface area (Å²) in [5, 5.41) is 14.7. The Morgan fingerprint density at radius 2 is 1.76 bits per heavy atom. The normalized spacial score (nSPS) is 18.6. The molecule has 0 aliphatic carbocycles. The van der Waals surface area contributed by atoms with Crippen LogP contribution in [0.1, 0.15) is 47.8 Å². The number of halogens is 4. The number of benzene rings is 3. The van der Waals surface area contributed by atoms with Crippen LogP contribution in [-0.4, -0.2) is 17.4 Å². The number of hydrogen-bond donors (Lipinski definition) is 2. The molecule has 1 aliphatic heterocycles. The van der Waals surface area contributed by atoms with Crippen molar-refractivity contribution in [2.45, 2.75) is 31.7 Å². The number of alkyl halides is 3. The highest BCUT2D eigenvalue weighted by Gasteiger charge is 2.32. The van der Waals surface area contributed by atoms with Gasteiger partial charge in [-0.25, -0.2) is 0 Å². The molecule has 4 nitrogen and oxygen atoms in total. The van der Waals surface area contributed by atoms with Crippen LogP contribution in [0.4, 0.5) is 13.2 Å². The third kappa shape index (κ3) is 5.15. The highest BCUT2D eigenvalue weighted by atomic mass is 35.5. The van der Waals surface area contributed by atoms with Crippen molar-refractivity contribution in [2.24, 2.45) is 4.99 Å². The third-order valence-corrected chi connectivity index (χ3v) is 5.73. The molecular formula is C25H22ClF3N2O2. The summed E-state index contributed by atoms with van der Waals surface area (Å²) in [7, 11) is 0. The van der Waals surface area contributed by atoms with Gasteiger partial charge in [-0.15, -0.1) is 0 Å². The number of phenols is 1. The van der Waals surface area contributed by atoms with Crippen LogP contribution in [-0.2, 0) is 6.18 Å². The van der Waals surface area contributed by atoms with Crippen LogP contribution >= 0.6 is 11.6 Å². The zero-order valence-electron chi connectivity index (χ0n) is 17.7. The lowest BCUT2D eigenvalue weighted by atomic mass is 9.93. The minimum Gasteiger partial charge on any atom is -0.504 e. The van der Waals surface area contributed by atoms with E-state index in [9.17, 15) is 18.3 Å². The zero-order valence-corrected chi connectivity index (χ0v) is 18.5. The molecule has 0 spiro atoms. The molecular weight excluding hydrogens is 453 g/mol. The fourth-order valence-corrected chi connectivity index (χ4v) is 3.97. The van der Waals surface area contributed by atoms with E-state index in [4.69, 9.17) is 21.3 Å². The Balaban J connectivity index is 1.73. The predicted octanol–water partition coefficient (Wildman–Crippen LogP) is 6.69. The van der Waals surface area contributed by atoms with E-state index in [1.165, 1.54) is 12.1 Å². The number of aliphatic imine (C=N–C) groups is 1. The van der Waals surface area contributed by atoms with Gasteiger partial charge >= 0.3 is 6.18 Å². The largest absolute Gasteiger partial charge is 0.504 e. The molecule has 0 radical (unpaired) electrons. The van der Waals surface area contributed by atoms with E-state index in [0.29, 0.717) is 34.9 Å². The topological polar surface area (TPSA) is 53.8 Å². The summed E-state index contributed by atoms with van der Waals surface area (Å²) in [4.78, 5) is 4.78. The summed E-state index contributed by atoms with van der Waals surface area (Å²) in [5.41, 5.74) is 2.09. The molecule has 1 heterocycles. The number of ether oxygens (including phenoxy) is 1. The number of nitrogens with zero attached hydrogens (tertiary/aromatic N) is 1. The monoisotopic (exact) mass is 474 g/mol. The lowest BCUT2D eigenvalue weighted by Gasteiger charge is -2.31. The Bertz CT molecular complexity index is 1150. The summed E-state index contributed by atoms with van der Waals surface area (Å²) in [6, 6.07) is 17.1. The maximum atomic E-state index is 13.0. The number of rotatable bonds is 5. The van der Waals surface area contributed by atoms with Gasteiger partial charge in [-0.2, -0.15) is 13.2 Å². The molecule has 2 atom stereocenters. The Hall–Kier alpha value is -3.03. The molecule has 2 N–H and O–H groups in total. The van der Waals surface area contributed by atoms with Crippen molar-refractivity contribution in [1.82, 2.24) is 5.32 Å². The molecule has 4 rings (SSSR count). The standard InChI is InChI=1S/C25H22ClF3N2O2/c1-2-33-22-5-3-4-19(23(22)32)21-14-20(15-8-12-18(26)13-9-15)30-24(31-21)16-6-10-17(11-7-16)25(27,28)29/h3-13,21,24,31-32H,2,14H2,1H3/t21-,24+/m0/s1. The van der Waals surface area contributed by atoms with Crippen LogP contribution in [0.2, 0.25) is 5.02 Å². The van der Waals surface area contributed by atoms with Gasteiger partial charge in [-0.1, -0.05) is 48.0 Å². The van der Waals surface area contributed by atoms with E-state index in [1.54, 1.807) is 30.3 Å². The van der Waals surface area contributed by atoms with E-state index in [-0.39, 0.29) is 11.8 Å². The predicted molar refractivity (Wildman–Crippen MR) is 122 cm³/mol. The van der Waals surface area contributed by atoms with E-state index >= 15 is 0 Å². The number of nitrogens with one attached hydrogen (secondary N) is 1. The van der Waals surface area contributed by atoms with Crippen molar-refractivity contribution >= 4 is 17.3 Å². The molecule has 3 aromatic carbocycles. The van der Waals surface area contributed by atoms with Crippen molar-refractivity contribution in [2.75, 3.05) is 6.61 Å². The molecule has 8 heteroatoms. The van der Waals surface area contributed by atoms with Gasteiger partial charge in [-0.3, -0.25) is 10.3 Å². The van der Waals surface area contributed by atoms with E-state index in [1.807, 2.05) is 19.1 Å². The maximum Gasteiger partial charge on any atom is 0.416 e. The second kappa shape index (κ2) is 9.45. The summed E-state index contributed by atoms with van der Waals surface area (Å²) in [6.07, 6.45) is -4.56. The van der Waals surface area contributed by atoms with Gasteiger partial charge in [0.2, 0.25) is 0 Å². The number of aromatic hydroxyl groups is 1. The lowest BCUT2D eigenvalue weighted by Crippen LogP contribution is -2.33. The number of para-hydroxylation sites is 1. The smallest absolute Gasteiger partial charge is 0.416 e. The van der Waals surface area contributed by atoms with Crippen LogP contribution < -0.4 is 10.1 Å². The Morgan fingerprint density at radius 1 is 1.06 bits per heavy atom. The summed E-state index contributed by atoms with van der Waals surface area (Å²) in [5.74, 6) is 0.402. The molecule has 0 amide bonds. The summed E-state index contributed by atoms with van der Waals surface area (Å²) >= 11 is 6.03. The third-order valence-electron chi connectivity index (χ3n) is 5.48. The second-order valence-corrected chi connectivity index (χ2v) is 8.09. The Labute approximate surface area is 194 Å². The lowest BCUT2D eigenvalue weighted by molar-refractivity contribution is -0.137. The second-order valence-electron chi connectivity index (χ2n) is 7.66. The average molecular weight is 475 g/mol. The quantitative estimate of drug-likeness (QED) is 0.433. The van der Waals surface area contributed by atoms with Gasteiger partial charge in [0.15, 0.2) is 11.5 Å². The van der Waals surface area contributed by atoms with Gasteiger partial charge in [0, 0.05) is 28.8 Å². The molecule has 0 unspecified atom stereocenters. The molecule has 1 aliphatic rings. The fourth-order valence-electron chi connectivity index (χ4n) is 3.84. The summed E-state index contributed by atoms with van der Waals surface area (Å²) in [6.45, 7) is 2.23. The zero-order chi connectivity index (χ0) is 23.6. The maximum absolute atomic E-state index is 13.0. The molecule has 0 fully saturated rings. The SMILES string of the molecule is CCOc1cccc([C@@H]2CC(c3ccc(Cl)cc3)=N[C@@H](c3ccc(C(F)(F)F)cc3)N2)c1O. The van der Waals surface area contributed by atoms with E-state index in [0.717, 1.165) is 23.4 Å². The van der Waals surface area contributed by atoms with Crippen molar-refractivity contribution in [3.8, 4) is 11.5 Å². The van der Waals surface area contributed by atoms with E-state index in [2.05, 4.69) is 5.32 Å². The number of phenolic OH excluding ortho intramolecular Hbond substituents is 1. The first-order valence-corrected chi connectivity index (χ1v) is 10.8. The fraction of sp³-hybridized carbons (Fsp3) is 0.240. The van der Waals surface area contributed by atoms with Crippen molar-refractivity contribution in [3.63, 3.8) is 0 Å². The van der Waals surface area contributed by atoms with E-state index < -0.39 is 17.9 Å². The molecule has 0 aromatic heterocycles. The van der Waals surface area contributed by atoms with Gasteiger partial charge in [0.25, 0.3) is 0 Å². The van der Waals surface area contributed by atoms with Gasteiger partial charge in [0.05, 0.1) is 12.2 Å². The molecule has 0 bridgehead atoms. The van der Waals surface area contributed by atoms with Gasteiger partial charge in [0.1, 0.15) is 6.17 Å². The summed E-state index contributed by atoms with van der Waals surface area (Å²) < 4.78 is 44.6. The first-order valence-electron chi connectivity index (χ1n) is 10.5. The van der Waals surface area contributed by atoms with Gasteiger partial charge < -0.3 is 9.84 Å². The minimum absolute atomic E-state index is 0.0281. The molecule has 0 saturated carbocycles. The van der Waals surface area contributed by atoms with Crippen LogP contribution in [0.15, 0.2) is 71.7 Å². The number of hydrogen-bond acceptors (Lipinski definition) is 4. The van der Waals surface area contributed by atoms with Crippen molar-refractivity contribution < 1.29 is 23.0 Å².